The van der Waals surface area contributed by atoms with Crippen LogP contribution in [0, 0.1) is 13.8 Å². The Kier molecular flexibility index (Phi) is 4.32. The number of aryl methyl sites for hydroxylation is 2. The normalized spacial score (nSPS) is 12.4. The summed E-state index contributed by atoms with van der Waals surface area (Å²) in [7, 11) is 0.445. The Hall–Kier alpha value is -0.880. The SMILES string of the molecule is CCS(=O)(=O)N(C)CCc1c(C)nn(C)c1C. The van der Waals surface area contributed by atoms with Gasteiger partial charge in [0, 0.05) is 26.3 Å². The average molecular weight is 259 g/mol. The van der Waals surface area contributed by atoms with Gasteiger partial charge in [-0.05, 0) is 32.8 Å². The Morgan fingerprint density at radius 3 is 2.35 bits per heavy atom. The van der Waals surface area contributed by atoms with E-state index >= 15 is 0 Å². The van der Waals surface area contributed by atoms with E-state index in [9.17, 15) is 8.42 Å². The van der Waals surface area contributed by atoms with Crippen molar-refractivity contribution in [2.24, 2.45) is 7.05 Å². The minimum absolute atomic E-state index is 0.147. The molecule has 6 heteroatoms. The third-order valence-corrected chi connectivity index (χ3v) is 5.04. The van der Waals surface area contributed by atoms with Gasteiger partial charge in [-0.1, -0.05) is 0 Å². The van der Waals surface area contributed by atoms with Crippen molar-refractivity contribution in [3.8, 4) is 0 Å². The van der Waals surface area contributed by atoms with Crippen LogP contribution in [-0.4, -0.2) is 41.8 Å². The van der Waals surface area contributed by atoms with Gasteiger partial charge in [0.05, 0.1) is 11.4 Å². The van der Waals surface area contributed by atoms with E-state index in [0.717, 1.165) is 17.0 Å². The van der Waals surface area contributed by atoms with Gasteiger partial charge in [0.1, 0.15) is 0 Å². The Labute approximate surface area is 103 Å². The zero-order valence-corrected chi connectivity index (χ0v) is 12.0. The molecule has 0 amide bonds. The first-order valence-electron chi connectivity index (χ1n) is 5.72. The quantitative estimate of drug-likeness (QED) is 0.788. The van der Waals surface area contributed by atoms with Gasteiger partial charge in [0.25, 0.3) is 0 Å². The molecule has 0 aromatic carbocycles. The molecule has 0 bridgehead atoms. The first kappa shape index (κ1) is 14.2. The van der Waals surface area contributed by atoms with E-state index in [1.807, 2.05) is 25.6 Å². The third-order valence-electron chi connectivity index (χ3n) is 3.18. The second-order valence-electron chi connectivity index (χ2n) is 4.25. The lowest BCUT2D eigenvalue weighted by molar-refractivity contribution is 0.473. The minimum Gasteiger partial charge on any atom is -0.272 e. The molecule has 0 saturated heterocycles. The number of rotatable bonds is 5. The van der Waals surface area contributed by atoms with Gasteiger partial charge in [0.15, 0.2) is 0 Å². The minimum atomic E-state index is -3.08. The molecule has 0 atom stereocenters. The molecule has 0 aliphatic rings. The highest BCUT2D eigenvalue weighted by Gasteiger charge is 2.16. The average Bonchev–Trinajstić information content (AvgIpc) is 2.50. The van der Waals surface area contributed by atoms with Crippen LogP contribution in [0.1, 0.15) is 23.9 Å². The summed E-state index contributed by atoms with van der Waals surface area (Å²) in [6.45, 7) is 6.12. The molecule has 1 aromatic heterocycles. The molecule has 0 saturated carbocycles. The fourth-order valence-electron chi connectivity index (χ4n) is 1.81. The first-order valence-corrected chi connectivity index (χ1v) is 7.33. The molecule has 1 rings (SSSR count). The van der Waals surface area contributed by atoms with Gasteiger partial charge < -0.3 is 0 Å². The molecule has 1 heterocycles. The third kappa shape index (κ3) is 3.07. The van der Waals surface area contributed by atoms with E-state index < -0.39 is 10.0 Å². The Balaban J connectivity index is 2.75. The molecule has 1 aromatic rings. The summed E-state index contributed by atoms with van der Waals surface area (Å²) in [4.78, 5) is 0. The van der Waals surface area contributed by atoms with Crippen LogP contribution in [0.4, 0.5) is 0 Å². The number of likely N-dealkylation sites (N-methyl/N-ethyl adjacent to an activating group) is 1. The molecule has 17 heavy (non-hydrogen) atoms. The van der Waals surface area contributed by atoms with Crippen molar-refractivity contribution in [1.82, 2.24) is 14.1 Å². The highest BCUT2D eigenvalue weighted by molar-refractivity contribution is 7.89. The van der Waals surface area contributed by atoms with Crippen LogP contribution >= 0.6 is 0 Å². The van der Waals surface area contributed by atoms with Gasteiger partial charge in [-0.3, -0.25) is 4.68 Å². The summed E-state index contributed by atoms with van der Waals surface area (Å²) >= 11 is 0. The van der Waals surface area contributed by atoms with Crippen LogP contribution in [0.15, 0.2) is 0 Å². The number of hydrogen-bond donors (Lipinski definition) is 0. The summed E-state index contributed by atoms with van der Waals surface area (Å²) in [6, 6.07) is 0. The van der Waals surface area contributed by atoms with Crippen LogP contribution in [0.2, 0.25) is 0 Å². The van der Waals surface area contributed by atoms with Crippen LogP contribution in [-0.2, 0) is 23.5 Å². The van der Waals surface area contributed by atoms with E-state index in [4.69, 9.17) is 0 Å². The van der Waals surface area contributed by atoms with Crippen molar-refractivity contribution in [2.75, 3.05) is 19.3 Å². The maximum absolute atomic E-state index is 11.6. The molecule has 5 nitrogen and oxygen atoms in total. The Morgan fingerprint density at radius 1 is 1.35 bits per heavy atom. The molecule has 0 spiro atoms. The largest absolute Gasteiger partial charge is 0.272 e. The fourth-order valence-corrected chi connectivity index (χ4v) is 2.62. The lowest BCUT2D eigenvalue weighted by atomic mass is 10.1. The summed E-state index contributed by atoms with van der Waals surface area (Å²) < 4.78 is 26.4. The van der Waals surface area contributed by atoms with Gasteiger partial charge in [-0.15, -0.1) is 0 Å². The smallest absolute Gasteiger partial charge is 0.213 e. The predicted molar refractivity (Wildman–Crippen MR) is 68.5 cm³/mol. The zero-order valence-electron chi connectivity index (χ0n) is 11.2. The van der Waals surface area contributed by atoms with Crippen LogP contribution in [0.5, 0.6) is 0 Å². The van der Waals surface area contributed by atoms with Crippen LogP contribution < -0.4 is 0 Å². The van der Waals surface area contributed by atoms with E-state index in [-0.39, 0.29) is 5.75 Å². The molecule has 0 aliphatic carbocycles. The zero-order chi connectivity index (χ0) is 13.2. The monoisotopic (exact) mass is 259 g/mol. The van der Waals surface area contributed by atoms with Gasteiger partial charge in [0.2, 0.25) is 10.0 Å². The first-order chi connectivity index (χ1) is 7.79. The van der Waals surface area contributed by atoms with Crippen LogP contribution in [0.25, 0.3) is 0 Å². The van der Waals surface area contributed by atoms with Crippen molar-refractivity contribution in [1.29, 1.82) is 0 Å². The summed E-state index contributed by atoms with van der Waals surface area (Å²) in [5.74, 6) is 0.147. The highest BCUT2D eigenvalue weighted by atomic mass is 32.2. The molecule has 0 radical (unpaired) electrons. The topological polar surface area (TPSA) is 55.2 Å². The number of nitrogens with zero attached hydrogens (tertiary/aromatic N) is 3. The van der Waals surface area contributed by atoms with Gasteiger partial charge in [-0.25, -0.2) is 12.7 Å². The molecule has 0 fully saturated rings. The second-order valence-corrected chi connectivity index (χ2v) is 6.61. The molecule has 0 unspecified atom stereocenters. The van der Waals surface area contributed by atoms with E-state index in [2.05, 4.69) is 5.10 Å². The van der Waals surface area contributed by atoms with E-state index in [0.29, 0.717) is 13.0 Å². The standard InChI is InChI=1S/C11H21N3O2S/c1-6-17(15,16)13(4)8-7-11-9(2)12-14(5)10(11)3/h6-8H2,1-5H3. The van der Waals surface area contributed by atoms with Crippen molar-refractivity contribution in [3.05, 3.63) is 17.0 Å². The molecule has 98 valence electrons. The summed E-state index contributed by atoms with van der Waals surface area (Å²) in [6.07, 6.45) is 0.710. The highest BCUT2D eigenvalue weighted by Crippen LogP contribution is 2.13. The van der Waals surface area contributed by atoms with Gasteiger partial charge >= 0.3 is 0 Å². The fraction of sp³-hybridized carbons (Fsp3) is 0.727. The Morgan fingerprint density at radius 2 is 1.94 bits per heavy atom. The van der Waals surface area contributed by atoms with Crippen molar-refractivity contribution in [2.45, 2.75) is 27.2 Å². The summed E-state index contributed by atoms with van der Waals surface area (Å²) in [5, 5.41) is 4.32. The number of sulfonamides is 1. The van der Waals surface area contributed by atoms with E-state index in [1.165, 1.54) is 4.31 Å². The maximum atomic E-state index is 11.6. The molecular weight excluding hydrogens is 238 g/mol. The molecule has 0 aliphatic heterocycles. The molecule has 0 N–H and O–H groups in total. The Bertz CT molecular complexity index is 491. The maximum Gasteiger partial charge on any atom is 0.213 e. The van der Waals surface area contributed by atoms with Crippen molar-refractivity contribution < 1.29 is 8.42 Å². The lowest BCUT2D eigenvalue weighted by Gasteiger charge is -2.15. The number of hydrogen-bond acceptors (Lipinski definition) is 3. The van der Waals surface area contributed by atoms with Gasteiger partial charge in [-0.2, -0.15) is 5.10 Å². The van der Waals surface area contributed by atoms with Crippen molar-refractivity contribution in [3.63, 3.8) is 0 Å². The number of aromatic nitrogens is 2. The predicted octanol–water partition coefficient (Wildman–Crippen LogP) is 0.861. The second kappa shape index (κ2) is 5.18. The van der Waals surface area contributed by atoms with Crippen molar-refractivity contribution >= 4 is 10.0 Å². The molecular formula is C11H21N3O2S. The van der Waals surface area contributed by atoms with E-state index in [1.54, 1.807) is 14.0 Å². The van der Waals surface area contributed by atoms with Crippen LogP contribution in [0.3, 0.4) is 0 Å². The lowest BCUT2D eigenvalue weighted by Crippen LogP contribution is -2.30. The summed E-state index contributed by atoms with van der Waals surface area (Å²) in [5.41, 5.74) is 3.22.